The molecule has 0 saturated heterocycles. The lowest BCUT2D eigenvalue weighted by Gasteiger charge is -2.16. The Kier molecular flexibility index (Phi) is 3.68. The maximum Gasteiger partial charge on any atom is 0.253 e. The maximum atomic E-state index is 12.1. The van der Waals surface area contributed by atoms with E-state index >= 15 is 0 Å². The van der Waals surface area contributed by atoms with Crippen molar-refractivity contribution in [3.63, 3.8) is 0 Å². The van der Waals surface area contributed by atoms with Crippen LogP contribution in [0.25, 0.3) is 0 Å². The van der Waals surface area contributed by atoms with Crippen LogP contribution in [0.3, 0.4) is 0 Å². The molecule has 7 heteroatoms. The van der Waals surface area contributed by atoms with Crippen molar-refractivity contribution in [2.75, 3.05) is 17.4 Å². The largest absolute Gasteiger partial charge is 0.395 e. The summed E-state index contributed by atoms with van der Waals surface area (Å²) in [6, 6.07) is 6.16. The molecule has 1 aromatic rings. The van der Waals surface area contributed by atoms with Crippen molar-refractivity contribution < 1.29 is 18.3 Å². The number of aliphatic hydroxyl groups excluding tert-OH is 1. The summed E-state index contributed by atoms with van der Waals surface area (Å²) in [4.78, 5) is 11.8. The smallest absolute Gasteiger partial charge is 0.253 e. The number of hydrazone groups is 1. The first-order valence-corrected chi connectivity index (χ1v) is 7.40. The van der Waals surface area contributed by atoms with Crippen molar-refractivity contribution in [1.82, 2.24) is 0 Å². The van der Waals surface area contributed by atoms with Crippen molar-refractivity contribution in [2.24, 2.45) is 5.10 Å². The molecule has 0 fully saturated rings. The van der Waals surface area contributed by atoms with Crippen molar-refractivity contribution >= 4 is 27.1 Å². The Balaban J connectivity index is 2.51. The molecule has 0 spiro atoms. The van der Waals surface area contributed by atoms with Gasteiger partial charge in [0.2, 0.25) is 0 Å². The summed E-state index contributed by atoms with van der Waals surface area (Å²) >= 11 is 0. The minimum atomic E-state index is -3.63. The van der Waals surface area contributed by atoms with Crippen LogP contribution in [-0.2, 0) is 14.6 Å². The molecule has 1 aliphatic rings. The van der Waals surface area contributed by atoms with Gasteiger partial charge in [-0.05, 0) is 19.1 Å². The predicted octanol–water partition coefficient (Wildman–Crippen LogP) is 0.565. The van der Waals surface area contributed by atoms with Gasteiger partial charge in [-0.25, -0.2) is 8.42 Å². The lowest BCUT2D eigenvalue weighted by Crippen LogP contribution is -2.23. The highest BCUT2D eigenvalue weighted by atomic mass is 32.2. The summed E-state index contributed by atoms with van der Waals surface area (Å²) in [5, 5.41) is 14.0. The molecule has 6 nitrogen and oxygen atoms in total. The van der Waals surface area contributed by atoms with Gasteiger partial charge in [-0.3, -0.25) is 4.79 Å². The molecule has 102 valence electrons. The number of hydrogen-bond acceptors (Lipinski definition) is 5. The van der Waals surface area contributed by atoms with Gasteiger partial charge in [0, 0.05) is 5.71 Å². The minimum absolute atomic E-state index is 0.0100. The van der Waals surface area contributed by atoms with Gasteiger partial charge >= 0.3 is 0 Å². The number of nitrogens with zero attached hydrogens (tertiary/aromatic N) is 2. The van der Waals surface area contributed by atoms with E-state index in [0.29, 0.717) is 5.71 Å². The summed E-state index contributed by atoms with van der Waals surface area (Å²) in [5.74, 6) is -0.640. The van der Waals surface area contributed by atoms with Crippen molar-refractivity contribution in [3.8, 4) is 0 Å². The highest BCUT2D eigenvalue weighted by molar-refractivity contribution is 7.91. The quantitative estimate of drug-likeness (QED) is 0.874. The molecule has 0 atom stereocenters. The summed E-state index contributed by atoms with van der Waals surface area (Å²) in [7, 11) is -3.63. The van der Waals surface area contributed by atoms with Crippen LogP contribution in [0.4, 0.5) is 5.69 Å². The molecular formula is C12H14N2O4S. The van der Waals surface area contributed by atoms with Crippen LogP contribution in [0.15, 0.2) is 34.3 Å². The van der Waals surface area contributed by atoms with Gasteiger partial charge in [-0.1, -0.05) is 12.1 Å². The third-order valence-electron chi connectivity index (χ3n) is 2.70. The Morgan fingerprint density at radius 2 is 2.05 bits per heavy atom. The van der Waals surface area contributed by atoms with E-state index in [-0.39, 0.29) is 28.7 Å². The topological polar surface area (TPSA) is 87.0 Å². The number of sulfone groups is 1. The lowest BCUT2D eigenvalue weighted by molar-refractivity contribution is -0.116. The SMILES string of the molecule is CC1=NN(c2ccccc2S(=O)(=O)CCO)C(=O)C1. The van der Waals surface area contributed by atoms with E-state index in [1.807, 2.05) is 0 Å². The zero-order valence-electron chi connectivity index (χ0n) is 10.4. The Morgan fingerprint density at radius 3 is 2.63 bits per heavy atom. The predicted molar refractivity (Wildman–Crippen MR) is 70.8 cm³/mol. The third kappa shape index (κ3) is 2.66. The summed E-state index contributed by atoms with van der Waals surface area (Å²) in [6.45, 7) is 1.25. The van der Waals surface area contributed by atoms with Crippen LogP contribution in [0.5, 0.6) is 0 Å². The van der Waals surface area contributed by atoms with Gasteiger partial charge in [0.15, 0.2) is 9.84 Å². The number of amides is 1. The number of anilines is 1. The zero-order chi connectivity index (χ0) is 14.0. The van der Waals surface area contributed by atoms with Crippen molar-refractivity contribution in [1.29, 1.82) is 0 Å². The average molecular weight is 282 g/mol. The number of aliphatic hydroxyl groups is 1. The van der Waals surface area contributed by atoms with E-state index in [0.717, 1.165) is 5.01 Å². The number of hydrogen-bond donors (Lipinski definition) is 1. The molecule has 19 heavy (non-hydrogen) atoms. The van der Waals surface area contributed by atoms with Crippen molar-refractivity contribution in [2.45, 2.75) is 18.2 Å². The molecule has 1 heterocycles. The molecule has 0 aromatic heterocycles. The van der Waals surface area contributed by atoms with E-state index in [1.165, 1.54) is 12.1 Å². The van der Waals surface area contributed by atoms with E-state index in [1.54, 1.807) is 19.1 Å². The van der Waals surface area contributed by atoms with E-state index in [9.17, 15) is 13.2 Å². The third-order valence-corrected chi connectivity index (χ3v) is 4.44. The van der Waals surface area contributed by atoms with Gasteiger partial charge in [-0.2, -0.15) is 10.1 Å². The normalized spacial score (nSPS) is 15.8. The number of carbonyl (C=O) groups excluding carboxylic acids is 1. The summed E-state index contributed by atoms with van der Waals surface area (Å²) in [6.07, 6.45) is 0.189. The first-order chi connectivity index (χ1) is 8.95. The van der Waals surface area contributed by atoms with Gasteiger partial charge in [0.25, 0.3) is 5.91 Å². The highest BCUT2D eigenvalue weighted by Gasteiger charge is 2.28. The standard InChI is InChI=1S/C12H14N2O4S/c1-9-8-12(16)14(13-9)10-4-2-3-5-11(10)19(17,18)7-6-15/h2-5,15H,6-8H2,1H3. The molecule has 0 saturated carbocycles. The Bertz CT molecular complexity index is 637. The molecule has 1 amide bonds. The number of rotatable bonds is 4. The van der Waals surface area contributed by atoms with Crippen molar-refractivity contribution in [3.05, 3.63) is 24.3 Å². The van der Waals surface area contributed by atoms with E-state index in [4.69, 9.17) is 5.11 Å². The van der Waals surface area contributed by atoms with Gasteiger partial charge < -0.3 is 5.11 Å². The first-order valence-electron chi connectivity index (χ1n) is 5.75. The lowest BCUT2D eigenvalue weighted by atomic mass is 10.3. The molecule has 1 N–H and O–H groups in total. The molecule has 0 aliphatic carbocycles. The second-order valence-corrected chi connectivity index (χ2v) is 6.31. The number of para-hydroxylation sites is 1. The van der Waals surface area contributed by atoms with Crippen LogP contribution >= 0.6 is 0 Å². The Morgan fingerprint density at radius 1 is 1.37 bits per heavy atom. The monoisotopic (exact) mass is 282 g/mol. The van der Waals surface area contributed by atoms with Crippen LogP contribution in [0.2, 0.25) is 0 Å². The molecule has 0 bridgehead atoms. The van der Waals surface area contributed by atoms with Crippen LogP contribution in [-0.4, -0.2) is 37.5 Å². The molecule has 0 unspecified atom stereocenters. The van der Waals surface area contributed by atoms with E-state index in [2.05, 4.69) is 5.10 Å². The van der Waals surface area contributed by atoms with E-state index < -0.39 is 16.4 Å². The summed E-state index contributed by atoms with van der Waals surface area (Å²) < 4.78 is 24.1. The van der Waals surface area contributed by atoms with Crippen LogP contribution in [0.1, 0.15) is 13.3 Å². The first kappa shape index (κ1) is 13.7. The fourth-order valence-corrected chi connectivity index (χ4v) is 3.09. The van der Waals surface area contributed by atoms with Gasteiger partial charge in [-0.15, -0.1) is 0 Å². The van der Waals surface area contributed by atoms with Crippen LogP contribution in [0, 0.1) is 0 Å². The number of carbonyl (C=O) groups is 1. The number of benzene rings is 1. The molecule has 1 aromatic carbocycles. The minimum Gasteiger partial charge on any atom is -0.395 e. The highest BCUT2D eigenvalue weighted by Crippen LogP contribution is 2.28. The molecule has 1 aliphatic heterocycles. The zero-order valence-corrected chi connectivity index (χ0v) is 11.2. The van der Waals surface area contributed by atoms with Crippen LogP contribution < -0.4 is 5.01 Å². The van der Waals surface area contributed by atoms with Gasteiger partial charge in [0.1, 0.15) is 0 Å². The fourth-order valence-electron chi connectivity index (χ4n) is 1.87. The molecular weight excluding hydrogens is 268 g/mol. The Hall–Kier alpha value is -1.73. The molecule has 2 rings (SSSR count). The average Bonchev–Trinajstić information content (AvgIpc) is 2.68. The van der Waals surface area contributed by atoms with Gasteiger partial charge in [0.05, 0.1) is 29.4 Å². The summed E-state index contributed by atoms with van der Waals surface area (Å²) in [5.41, 5.74) is 0.872. The maximum absolute atomic E-state index is 12.1. The molecule has 0 radical (unpaired) electrons. The second-order valence-electron chi connectivity index (χ2n) is 4.23. The second kappa shape index (κ2) is 5.10. The fraction of sp³-hybridized carbons (Fsp3) is 0.333. The Labute approximate surface area is 111 Å².